The second-order valence-corrected chi connectivity index (χ2v) is 4.22. The van der Waals surface area contributed by atoms with Crippen LogP contribution < -0.4 is 10.5 Å². The van der Waals surface area contributed by atoms with Crippen molar-refractivity contribution in [2.24, 2.45) is 0 Å². The van der Waals surface area contributed by atoms with Gasteiger partial charge in [-0.25, -0.2) is 4.98 Å². The molecular formula is C11H9Cl2N3O. The van der Waals surface area contributed by atoms with Gasteiger partial charge >= 0.3 is 0 Å². The Kier molecular flexibility index (Phi) is 3.36. The molecule has 0 unspecified atom stereocenters. The summed E-state index contributed by atoms with van der Waals surface area (Å²) in [7, 11) is 0. The van der Waals surface area contributed by atoms with Gasteiger partial charge in [0.15, 0.2) is 0 Å². The van der Waals surface area contributed by atoms with Crippen molar-refractivity contribution < 1.29 is 4.74 Å². The number of nitrogens with zero attached hydrogens (tertiary/aromatic N) is 2. The number of aryl methyl sites for hydroxylation is 1. The Morgan fingerprint density at radius 2 is 1.94 bits per heavy atom. The van der Waals surface area contributed by atoms with Gasteiger partial charge in [0, 0.05) is 11.1 Å². The van der Waals surface area contributed by atoms with E-state index in [1.807, 2.05) is 6.92 Å². The second-order valence-electron chi connectivity index (χ2n) is 3.40. The van der Waals surface area contributed by atoms with E-state index in [0.717, 1.165) is 5.56 Å². The molecule has 0 aliphatic carbocycles. The molecule has 1 aromatic heterocycles. The summed E-state index contributed by atoms with van der Waals surface area (Å²) in [6.07, 6.45) is 0. The van der Waals surface area contributed by atoms with Crippen LogP contribution in [0.15, 0.2) is 24.3 Å². The summed E-state index contributed by atoms with van der Waals surface area (Å²) in [6.45, 7) is 1.88. The predicted molar refractivity (Wildman–Crippen MR) is 67.7 cm³/mol. The van der Waals surface area contributed by atoms with Crippen LogP contribution >= 0.6 is 23.2 Å². The fourth-order valence-corrected chi connectivity index (χ4v) is 1.71. The Labute approximate surface area is 108 Å². The maximum atomic E-state index is 5.85. The quantitative estimate of drug-likeness (QED) is 0.849. The first kappa shape index (κ1) is 12.0. The average molecular weight is 270 g/mol. The summed E-state index contributed by atoms with van der Waals surface area (Å²) in [5, 5.41) is 0.884. The summed E-state index contributed by atoms with van der Waals surface area (Å²) >= 11 is 11.6. The van der Waals surface area contributed by atoms with Gasteiger partial charge in [0.2, 0.25) is 11.8 Å². The number of hydrogen-bond donors (Lipinski definition) is 1. The molecule has 2 aromatic rings. The van der Waals surface area contributed by atoms with Crippen molar-refractivity contribution in [1.82, 2.24) is 9.97 Å². The molecule has 6 heteroatoms. The number of hydrogen-bond acceptors (Lipinski definition) is 4. The third-order valence-corrected chi connectivity index (χ3v) is 2.47. The zero-order chi connectivity index (χ0) is 12.4. The van der Waals surface area contributed by atoms with Crippen molar-refractivity contribution in [3.63, 3.8) is 0 Å². The first-order chi connectivity index (χ1) is 8.04. The number of nitrogen functional groups attached to an aromatic ring is 1. The minimum absolute atomic E-state index is 0.0686. The van der Waals surface area contributed by atoms with Gasteiger partial charge < -0.3 is 10.5 Å². The molecule has 0 bridgehead atoms. The van der Waals surface area contributed by atoms with Crippen molar-refractivity contribution in [1.29, 1.82) is 0 Å². The SMILES string of the molecule is Cc1cc(Cl)ccc1Oc1cc(Cl)nc(N)n1. The number of anilines is 1. The maximum Gasteiger partial charge on any atom is 0.225 e. The summed E-state index contributed by atoms with van der Waals surface area (Å²) in [5.41, 5.74) is 6.36. The summed E-state index contributed by atoms with van der Waals surface area (Å²) in [4.78, 5) is 7.66. The smallest absolute Gasteiger partial charge is 0.225 e. The highest BCUT2D eigenvalue weighted by Gasteiger charge is 2.05. The molecule has 0 saturated carbocycles. The van der Waals surface area contributed by atoms with Crippen molar-refractivity contribution in [2.75, 3.05) is 5.73 Å². The largest absolute Gasteiger partial charge is 0.439 e. The van der Waals surface area contributed by atoms with Gasteiger partial charge in [-0.2, -0.15) is 4.98 Å². The third kappa shape index (κ3) is 2.99. The van der Waals surface area contributed by atoms with Crippen LogP contribution in [0.25, 0.3) is 0 Å². The van der Waals surface area contributed by atoms with E-state index in [1.165, 1.54) is 6.07 Å². The number of aromatic nitrogens is 2. The van der Waals surface area contributed by atoms with E-state index in [9.17, 15) is 0 Å². The normalized spacial score (nSPS) is 10.3. The molecular weight excluding hydrogens is 261 g/mol. The van der Waals surface area contributed by atoms with Gasteiger partial charge in [0.1, 0.15) is 10.9 Å². The van der Waals surface area contributed by atoms with Crippen molar-refractivity contribution in [3.8, 4) is 11.6 Å². The maximum absolute atomic E-state index is 5.85. The van der Waals surface area contributed by atoms with Gasteiger partial charge in [-0.05, 0) is 30.7 Å². The predicted octanol–water partition coefficient (Wildman–Crippen LogP) is 3.47. The Morgan fingerprint density at radius 3 is 2.59 bits per heavy atom. The fraction of sp³-hybridized carbons (Fsp3) is 0.0909. The van der Waals surface area contributed by atoms with E-state index >= 15 is 0 Å². The first-order valence-corrected chi connectivity index (χ1v) is 5.54. The van der Waals surface area contributed by atoms with E-state index in [2.05, 4.69) is 9.97 Å². The molecule has 0 amide bonds. The van der Waals surface area contributed by atoms with Gasteiger partial charge in [0.25, 0.3) is 0 Å². The lowest BCUT2D eigenvalue weighted by Crippen LogP contribution is -1.97. The monoisotopic (exact) mass is 269 g/mol. The van der Waals surface area contributed by atoms with Gasteiger partial charge in [-0.1, -0.05) is 23.2 Å². The third-order valence-electron chi connectivity index (χ3n) is 2.04. The van der Waals surface area contributed by atoms with Crippen LogP contribution in [0.3, 0.4) is 0 Å². The lowest BCUT2D eigenvalue weighted by Gasteiger charge is -2.08. The average Bonchev–Trinajstić information content (AvgIpc) is 2.21. The molecule has 0 saturated heterocycles. The lowest BCUT2D eigenvalue weighted by molar-refractivity contribution is 0.459. The van der Waals surface area contributed by atoms with E-state index in [4.69, 9.17) is 33.7 Å². The zero-order valence-corrected chi connectivity index (χ0v) is 10.5. The van der Waals surface area contributed by atoms with Crippen LogP contribution in [-0.4, -0.2) is 9.97 Å². The van der Waals surface area contributed by atoms with E-state index in [0.29, 0.717) is 16.7 Å². The van der Waals surface area contributed by atoms with E-state index in [1.54, 1.807) is 18.2 Å². The number of rotatable bonds is 2. The Bertz CT molecular complexity index is 540. The summed E-state index contributed by atoms with van der Waals surface area (Å²) < 4.78 is 5.55. The highest BCUT2D eigenvalue weighted by Crippen LogP contribution is 2.27. The van der Waals surface area contributed by atoms with Gasteiger partial charge in [0.05, 0.1) is 0 Å². The van der Waals surface area contributed by atoms with Crippen LogP contribution in [0.5, 0.6) is 11.6 Å². The standard InChI is InChI=1S/C11H9Cl2N3O/c1-6-4-7(12)2-3-8(6)17-10-5-9(13)15-11(14)16-10/h2-5H,1H3,(H2,14,15,16). The summed E-state index contributed by atoms with van der Waals surface area (Å²) in [6, 6.07) is 6.77. The van der Waals surface area contributed by atoms with E-state index < -0.39 is 0 Å². The Hall–Kier alpha value is -1.52. The van der Waals surface area contributed by atoms with Crippen molar-refractivity contribution in [3.05, 3.63) is 40.0 Å². The molecule has 2 rings (SSSR count). The van der Waals surface area contributed by atoms with Crippen molar-refractivity contribution in [2.45, 2.75) is 6.92 Å². The Morgan fingerprint density at radius 1 is 1.18 bits per heavy atom. The molecule has 0 aliphatic rings. The van der Waals surface area contributed by atoms with Crippen LogP contribution in [-0.2, 0) is 0 Å². The first-order valence-electron chi connectivity index (χ1n) is 4.78. The number of ether oxygens (including phenoxy) is 1. The number of benzene rings is 1. The Balaban J connectivity index is 2.31. The van der Waals surface area contributed by atoms with E-state index in [-0.39, 0.29) is 11.1 Å². The van der Waals surface area contributed by atoms with Gasteiger partial charge in [-0.3, -0.25) is 0 Å². The molecule has 0 aliphatic heterocycles. The molecule has 0 atom stereocenters. The molecule has 1 aromatic carbocycles. The van der Waals surface area contributed by atoms with Crippen LogP contribution in [0.4, 0.5) is 5.95 Å². The molecule has 0 spiro atoms. The second kappa shape index (κ2) is 4.77. The lowest BCUT2D eigenvalue weighted by atomic mass is 10.2. The molecule has 1 heterocycles. The molecule has 4 nitrogen and oxygen atoms in total. The van der Waals surface area contributed by atoms with Gasteiger partial charge in [-0.15, -0.1) is 0 Å². The molecule has 88 valence electrons. The molecule has 17 heavy (non-hydrogen) atoms. The minimum atomic E-state index is 0.0686. The van der Waals surface area contributed by atoms with Crippen LogP contribution in [0.2, 0.25) is 10.2 Å². The highest BCUT2D eigenvalue weighted by atomic mass is 35.5. The number of nitrogens with two attached hydrogens (primary N) is 1. The highest BCUT2D eigenvalue weighted by molar-refractivity contribution is 6.30. The number of halogens is 2. The summed E-state index contributed by atoms with van der Waals surface area (Å²) in [5.74, 6) is 1.01. The zero-order valence-electron chi connectivity index (χ0n) is 8.95. The molecule has 0 fully saturated rings. The topological polar surface area (TPSA) is 61.0 Å². The molecule has 0 radical (unpaired) electrons. The molecule has 2 N–H and O–H groups in total. The van der Waals surface area contributed by atoms with Crippen molar-refractivity contribution >= 4 is 29.2 Å². The minimum Gasteiger partial charge on any atom is -0.439 e. The van der Waals surface area contributed by atoms with Crippen LogP contribution in [0, 0.1) is 6.92 Å². The fourth-order valence-electron chi connectivity index (χ4n) is 1.31. The van der Waals surface area contributed by atoms with Crippen LogP contribution in [0.1, 0.15) is 5.56 Å².